The predicted octanol–water partition coefficient (Wildman–Crippen LogP) is 3.08. The molecule has 1 amide bonds. The van der Waals surface area contributed by atoms with Crippen LogP contribution in [0.15, 0.2) is 53.8 Å². The Bertz CT molecular complexity index is 875. The van der Waals surface area contributed by atoms with E-state index in [-0.39, 0.29) is 5.57 Å². The number of aromatic nitrogens is 3. The van der Waals surface area contributed by atoms with Gasteiger partial charge in [-0.25, -0.2) is 9.97 Å². The smallest absolute Gasteiger partial charge is 0.268 e. The maximum absolute atomic E-state index is 12.1. The van der Waals surface area contributed by atoms with E-state index in [4.69, 9.17) is 5.26 Å². The van der Waals surface area contributed by atoms with Gasteiger partial charge in [-0.15, -0.1) is 11.3 Å². The highest BCUT2D eigenvalue weighted by Crippen LogP contribution is 2.24. The highest BCUT2D eigenvalue weighted by Gasteiger charge is 2.12. The number of hydrogen-bond acceptors (Lipinski definition) is 5. The van der Waals surface area contributed by atoms with Gasteiger partial charge in [-0.3, -0.25) is 10.1 Å². The van der Waals surface area contributed by atoms with E-state index in [1.54, 1.807) is 6.20 Å². The average Bonchev–Trinajstić information content (AvgIpc) is 3.25. The Hall–Kier alpha value is -3.24. The number of hydrogen-bond donors (Lipinski definition) is 2. The summed E-state index contributed by atoms with van der Waals surface area (Å²) in [5.74, 6) is -0.510. The van der Waals surface area contributed by atoms with Gasteiger partial charge in [0.05, 0.1) is 17.7 Å². The number of anilines is 1. The van der Waals surface area contributed by atoms with Crippen molar-refractivity contribution in [2.75, 3.05) is 5.32 Å². The number of nitrogens with zero attached hydrogens (tertiary/aromatic N) is 3. The summed E-state index contributed by atoms with van der Waals surface area (Å²) in [6, 6.07) is 11.5. The molecule has 0 saturated carbocycles. The molecule has 0 saturated heterocycles. The number of amides is 1. The van der Waals surface area contributed by atoms with Crippen molar-refractivity contribution in [2.24, 2.45) is 0 Å². The van der Waals surface area contributed by atoms with Crippen LogP contribution in [0.5, 0.6) is 0 Å². The molecule has 7 heteroatoms. The summed E-state index contributed by atoms with van der Waals surface area (Å²) in [4.78, 5) is 23.2. The Balaban J connectivity index is 1.76. The van der Waals surface area contributed by atoms with Crippen molar-refractivity contribution in [3.8, 4) is 17.3 Å². The van der Waals surface area contributed by atoms with Crippen LogP contribution in [-0.2, 0) is 4.79 Å². The zero-order chi connectivity index (χ0) is 16.1. The normalized spacial score (nSPS) is 11.0. The fraction of sp³-hybridized carbons (Fsp3) is 0. The van der Waals surface area contributed by atoms with Crippen molar-refractivity contribution >= 4 is 28.5 Å². The number of carbonyl (C=O) groups excluding carboxylic acids is 1. The number of aromatic amines is 1. The molecule has 0 aliphatic heterocycles. The van der Waals surface area contributed by atoms with Gasteiger partial charge in [-0.2, -0.15) is 5.26 Å². The summed E-state index contributed by atoms with van der Waals surface area (Å²) in [5, 5.41) is 14.1. The van der Waals surface area contributed by atoms with Gasteiger partial charge in [-0.05, 0) is 6.08 Å². The zero-order valence-electron chi connectivity index (χ0n) is 11.9. The number of rotatable bonds is 4. The summed E-state index contributed by atoms with van der Waals surface area (Å²) in [5.41, 5.74) is 2.23. The second kappa shape index (κ2) is 6.68. The topological polar surface area (TPSA) is 94.5 Å². The molecule has 0 unspecified atom stereocenters. The van der Waals surface area contributed by atoms with Gasteiger partial charge in [0.1, 0.15) is 11.6 Å². The minimum Gasteiger partial charge on any atom is -0.351 e. The Morgan fingerprint density at radius 2 is 2.17 bits per heavy atom. The molecule has 6 nitrogen and oxygen atoms in total. The first-order valence-electron chi connectivity index (χ1n) is 6.69. The molecule has 0 spiro atoms. The summed E-state index contributed by atoms with van der Waals surface area (Å²) < 4.78 is 0. The van der Waals surface area contributed by atoms with Crippen LogP contribution in [-0.4, -0.2) is 20.9 Å². The molecule has 0 aliphatic rings. The van der Waals surface area contributed by atoms with Crippen LogP contribution in [0.4, 0.5) is 5.13 Å². The van der Waals surface area contributed by atoms with Gasteiger partial charge in [0.2, 0.25) is 0 Å². The molecule has 0 aliphatic carbocycles. The van der Waals surface area contributed by atoms with E-state index in [1.807, 2.05) is 41.8 Å². The first-order chi connectivity index (χ1) is 11.3. The van der Waals surface area contributed by atoms with E-state index < -0.39 is 5.91 Å². The van der Waals surface area contributed by atoms with Crippen molar-refractivity contribution in [3.05, 3.63) is 59.5 Å². The maximum atomic E-state index is 12.1. The molecule has 2 aromatic heterocycles. The molecule has 2 N–H and O–H groups in total. The number of H-pyrrole nitrogens is 1. The molecule has 0 radical (unpaired) electrons. The molecular weight excluding hydrogens is 310 g/mol. The number of benzene rings is 1. The Morgan fingerprint density at radius 1 is 1.35 bits per heavy atom. The zero-order valence-corrected chi connectivity index (χ0v) is 12.7. The fourth-order valence-electron chi connectivity index (χ4n) is 1.88. The minimum absolute atomic E-state index is 0.0337. The van der Waals surface area contributed by atoms with Gasteiger partial charge < -0.3 is 4.98 Å². The molecule has 0 fully saturated rings. The number of thiazole rings is 1. The standard InChI is InChI=1S/C16H11N5OS/c17-7-12(6-13-8-18-10-19-13)15(22)21-16-20-14(9-23-16)11-4-2-1-3-5-11/h1-6,8-10H,(H,18,19)(H,20,21,22)/b12-6-. The second-order valence-corrected chi connectivity index (χ2v) is 5.38. The van der Waals surface area contributed by atoms with E-state index in [0.717, 1.165) is 11.3 Å². The second-order valence-electron chi connectivity index (χ2n) is 4.52. The number of carbonyl (C=O) groups is 1. The lowest BCUT2D eigenvalue weighted by atomic mass is 10.2. The molecule has 2 heterocycles. The number of nitriles is 1. The largest absolute Gasteiger partial charge is 0.351 e. The van der Waals surface area contributed by atoms with Crippen LogP contribution in [0.25, 0.3) is 17.3 Å². The van der Waals surface area contributed by atoms with Crippen LogP contribution < -0.4 is 5.32 Å². The van der Waals surface area contributed by atoms with E-state index >= 15 is 0 Å². The van der Waals surface area contributed by atoms with Crippen molar-refractivity contribution in [2.45, 2.75) is 0 Å². The van der Waals surface area contributed by atoms with Gasteiger partial charge in [0, 0.05) is 17.1 Å². The van der Waals surface area contributed by atoms with Gasteiger partial charge in [-0.1, -0.05) is 30.3 Å². The van der Waals surface area contributed by atoms with E-state index in [2.05, 4.69) is 20.3 Å². The average molecular weight is 321 g/mol. The third-order valence-corrected chi connectivity index (χ3v) is 3.73. The van der Waals surface area contributed by atoms with Gasteiger partial charge in [0.15, 0.2) is 5.13 Å². The highest BCUT2D eigenvalue weighted by atomic mass is 32.1. The Labute approximate surface area is 136 Å². The van der Waals surface area contributed by atoms with E-state index in [9.17, 15) is 4.79 Å². The lowest BCUT2D eigenvalue weighted by Crippen LogP contribution is -2.13. The van der Waals surface area contributed by atoms with Crippen molar-refractivity contribution in [1.82, 2.24) is 15.0 Å². The molecule has 3 rings (SSSR count). The van der Waals surface area contributed by atoms with Crippen molar-refractivity contribution in [3.63, 3.8) is 0 Å². The predicted molar refractivity (Wildman–Crippen MR) is 88.4 cm³/mol. The van der Waals surface area contributed by atoms with Crippen LogP contribution >= 0.6 is 11.3 Å². The van der Waals surface area contributed by atoms with E-state index in [0.29, 0.717) is 10.8 Å². The lowest BCUT2D eigenvalue weighted by molar-refractivity contribution is -0.112. The SMILES string of the molecule is N#C/C(=C/c1c[nH]cn1)C(=O)Nc1nc(-c2ccccc2)cs1. The van der Waals surface area contributed by atoms with E-state index in [1.165, 1.54) is 23.7 Å². The number of nitrogens with one attached hydrogen (secondary N) is 2. The Kier molecular flexibility index (Phi) is 4.27. The monoisotopic (exact) mass is 321 g/mol. The maximum Gasteiger partial charge on any atom is 0.268 e. The molecule has 0 bridgehead atoms. The first-order valence-corrected chi connectivity index (χ1v) is 7.57. The minimum atomic E-state index is -0.510. The lowest BCUT2D eigenvalue weighted by Gasteiger charge is -1.99. The van der Waals surface area contributed by atoms with Crippen LogP contribution in [0.3, 0.4) is 0 Å². The molecule has 1 aromatic carbocycles. The summed E-state index contributed by atoms with van der Waals surface area (Å²) in [6.45, 7) is 0. The summed E-state index contributed by atoms with van der Waals surface area (Å²) in [7, 11) is 0. The quantitative estimate of drug-likeness (QED) is 0.570. The van der Waals surface area contributed by atoms with Crippen LogP contribution in [0.2, 0.25) is 0 Å². The highest BCUT2D eigenvalue weighted by molar-refractivity contribution is 7.14. The fourth-order valence-corrected chi connectivity index (χ4v) is 2.60. The number of imidazole rings is 1. The van der Waals surface area contributed by atoms with Gasteiger partial charge in [0.25, 0.3) is 5.91 Å². The third-order valence-electron chi connectivity index (χ3n) is 2.97. The molecule has 3 aromatic rings. The van der Waals surface area contributed by atoms with Crippen LogP contribution in [0.1, 0.15) is 5.69 Å². The van der Waals surface area contributed by atoms with Crippen molar-refractivity contribution < 1.29 is 4.79 Å². The summed E-state index contributed by atoms with van der Waals surface area (Å²) >= 11 is 1.31. The summed E-state index contributed by atoms with van der Waals surface area (Å²) in [6.07, 6.45) is 4.49. The van der Waals surface area contributed by atoms with Crippen molar-refractivity contribution in [1.29, 1.82) is 5.26 Å². The molecular formula is C16H11N5OS. The third kappa shape index (κ3) is 3.51. The van der Waals surface area contributed by atoms with Crippen LogP contribution in [0, 0.1) is 11.3 Å². The first kappa shape index (κ1) is 14.7. The Morgan fingerprint density at radius 3 is 2.87 bits per heavy atom. The molecule has 23 heavy (non-hydrogen) atoms. The molecule has 112 valence electrons. The van der Waals surface area contributed by atoms with Gasteiger partial charge >= 0.3 is 0 Å². The molecule has 0 atom stereocenters.